The number of rotatable bonds is 4. The molecule has 0 saturated heterocycles. The van der Waals surface area contributed by atoms with E-state index in [2.05, 4.69) is 10.5 Å². The summed E-state index contributed by atoms with van der Waals surface area (Å²) in [5.74, 6) is -0.139. The maximum atomic E-state index is 11.7. The van der Waals surface area contributed by atoms with Crippen molar-refractivity contribution in [1.82, 2.24) is 5.32 Å². The standard InChI is InChI=1S/C10H15N3O2S/c1-6(2)8(9(11)13-15)12-10(14)7-4-3-5-16-7/h3-6,8,15H,1-2H3,(H2,11,13)(H,12,14). The minimum absolute atomic E-state index is 0.0138. The van der Waals surface area contributed by atoms with Crippen molar-refractivity contribution in [3.05, 3.63) is 22.4 Å². The van der Waals surface area contributed by atoms with Crippen molar-refractivity contribution in [3.8, 4) is 0 Å². The Balaban J connectivity index is 2.73. The summed E-state index contributed by atoms with van der Waals surface area (Å²) in [5, 5.41) is 16.1. The summed E-state index contributed by atoms with van der Waals surface area (Å²) in [6, 6.07) is 3.07. The number of hydrogen-bond acceptors (Lipinski definition) is 4. The van der Waals surface area contributed by atoms with Crippen LogP contribution in [0, 0.1) is 5.92 Å². The number of amidine groups is 1. The van der Waals surface area contributed by atoms with Crippen LogP contribution in [0.5, 0.6) is 0 Å². The normalized spacial score (nSPS) is 13.8. The number of nitrogens with one attached hydrogen (secondary N) is 1. The highest BCUT2D eigenvalue weighted by molar-refractivity contribution is 7.12. The Kier molecular flexibility index (Phi) is 4.30. The lowest BCUT2D eigenvalue weighted by Gasteiger charge is -2.20. The summed E-state index contributed by atoms with van der Waals surface area (Å²) >= 11 is 1.35. The fraction of sp³-hybridized carbons (Fsp3) is 0.400. The topological polar surface area (TPSA) is 87.7 Å². The van der Waals surface area contributed by atoms with Gasteiger partial charge in [-0.15, -0.1) is 11.3 Å². The zero-order valence-corrected chi connectivity index (χ0v) is 9.99. The molecule has 4 N–H and O–H groups in total. The molecule has 1 aromatic rings. The molecule has 0 aromatic carbocycles. The highest BCUT2D eigenvalue weighted by atomic mass is 32.1. The van der Waals surface area contributed by atoms with Gasteiger partial charge in [0.05, 0.1) is 10.9 Å². The molecule has 0 radical (unpaired) electrons. The fourth-order valence-corrected chi connectivity index (χ4v) is 1.89. The molecule has 0 spiro atoms. The van der Waals surface area contributed by atoms with Gasteiger partial charge >= 0.3 is 0 Å². The summed E-state index contributed by atoms with van der Waals surface area (Å²) in [4.78, 5) is 12.4. The largest absolute Gasteiger partial charge is 0.409 e. The Morgan fingerprint density at radius 1 is 1.62 bits per heavy atom. The average molecular weight is 241 g/mol. The van der Waals surface area contributed by atoms with Gasteiger partial charge in [0, 0.05) is 0 Å². The molecule has 0 aliphatic heterocycles. The van der Waals surface area contributed by atoms with Gasteiger partial charge < -0.3 is 16.3 Å². The molecule has 0 fully saturated rings. The molecule has 0 bridgehead atoms. The lowest BCUT2D eigenvalue weighted by atomic mass is 10.0. The lowest BCUT2D eigenvalue weighted by molar-refractivity contribution is 0.0943. The van der Waals surface area contributed by atoms with Gasteiger partial charge in [0.15, 0.2) is 5.84 Å². The van der Waals surface area contributed by atoms with Gasteiger partial charge in [-0.25, -0.2) is 0 Å². The number of oxime groups is 1. The van der Waals surface area contributed by atoms with Crippen molar-refractivity contribution in [2.24, 2.45) is 16.8 Å². The van der Waals surface area contributed by atoms with Crippen molar-refractivity contribution < 1.29 is 10.0 Å². The molecule has 0 saturated carbocycles. The summed E-state index contributed by atoms with van der Waals surface area (Å²) in [6.07, 6.45) is 0. The summed E-state index contributed by atoms with van der Waals surface area (Å²) in [5.41, 5.74) is 5.51. The van der Waals surface area contributed by atoms with Gasteiger partial charge in [-0.3, -0.25) is 4.79 Å². The van der Waals surface area contributed by atoms with E-state index in [0.717, 1.165) is 0 Å². The van der Waals surface area contributed by atoms with Crippen LogP contribution in [0.2, 0.25) is 0 Å². The zero-order chi connectivity index (χ0) is 12.1. The van der Waals surface area contributed by atoms with Gasteiger partial charge in [-0.2, -0.15) is 0 Å². The van der Waals surface area contributed by atoms with Crippen LogP contribution in [-0.4, -0.2) is 23.0 Å². The highest BCUT2D eigenvalue weighted by Crippen LogP contribution is 2.10. The molecule has 5 nitrogen and oxygen atoms in total. The SMILES string of the molecule is CC(C)C(NC(=O)c1cccs1)C(N)=NO. The predicted octanol–water partition coefficient (Wildman–Crippen LogP) is 1.25. The van der Waals surface area contributed by atoms with E-state index in [1.807, 2.05) is 19.2 Å². The second kappa shape index (κ2) is 5.50. The molecule has 0 aliphatic carbocycles. The molecule has 1 amide bonds. The summed E-state index contributed by atoms with van der Waals surface area (Å²) in [7, 11) is 0. The number of carbonyl (C=O) groups excluding carboxylic acids is 1. The van der Waals surface area contributed by atoms with Crippen molar-refractivity contribution in [2.75, 3.05) is 0 Å². The molecule has 88 valence electrons. The number of carbonyl (C=O) groups is 1. The van der Waals surface area contributed by atoms with Crippen LogP contribution in [0.25, 0.3) is 0 Å². The Hall–Kier alpha value is -1.56. The number of nitrogens with zero attached hydrogens (tertiary/aromatic N) is 1. The van der Waals surface area contributed by atoms with E-state index in [0.29, 0.717) is 4.88 Å². The van der Waals surface area contributed by atoms with Crippen LogP contribution >= 0.6 is 11.3 Å². The molecule has 1 heterocycles. The quantitative estimate of drug-likeness (QED) is 0.321. The van der Waals surface area contributed by atoms with Gasteiger partial charge in [0.1, 0.15) is 0 Å². The maximum absolute atomic E-state index is 11.7. The van der Waals surface area contributed by atoms with Gasteiger partial charge in [-0.1, -0.05) is 25.1 Å². The molecular formula is C10H15N3O2S. The van der Waals surface area contributed by atoms with Crippen LogP contribution in [0.15, 0.2) is 22.7 Å². The minimum atomic E-state index is -0.459. The van der Waals surface area contributed by atoms with Crippen LogP contribution in [-0.2, 0) is 0 Å². The van der Waals surface area contributed by atoms with Crippen molar-refractivity contribution in [1.29, 1.82) is 0 Å². The van der Waals surface area contributed by atoms with Crippen molar-refractivity contribution in [3.63, 3.8) is 0 Å². The first-order valence-electron chi connectivity index (χ1n) is 4.88. The van der Waals surface area contributed by atoms with E-state index in [1.54, 1.807) is 12.1 Å². The van der Waals surface area contributed by atoms with Crippen LogP contribution in [0.3, 0.4) is 0 Å². The molecule has 16 heavy (non-hydrogen) atoms. The number of thiophene rings is 1. The molecule has 1 aromatic heterocycles. The Bertz CT molecular complexity index is 373. The second-order valence-corrected chi connectivity index (χ2v) is 4.65. The fourth-order valence-electron chi connectivity index (χ4n) is 1.26. The third kappa shape index (κ3) is 2.96. The number of amides is 1. The zero-order valence-electron chi connectivity index (χ0n) is 9.18. The summed E-state index contributed by atoms with van der Waals surface area (Å²) < 4.78 is 0. The molecule has 1 rings (SSSR count). The Labute approximate surface area is 98.0 Å². The Morgan fingerprint density at radius 2 is 2.31 bits per heavy atom. The molecule has 1 unspecified atom stereocenters. The Morgan fingerprint density at radius 3 is 2.75 bits per heavy atom. The second-order valence-electron chi connectivity index (χ2n) is 3.70. The van der Waals surface area contributed by atoms with Crippen molar-refractivity contribution >= 4 is 23.1 Å². The molecule has 1 atom stereocenters. The molecule has 0 aliphatic rings. The summed E-state index contributed by atoms with van der Waals surface area (Å²) in [6.45, 7) is 3.77. The number of hydrogen-bond donors (Lipinski definition) is 3. The first kappa shape index (κ1) is 12.5. The van der Waals surface area contributed by atoms with E-state index in [4.69, 9.17) is 10.9 Å². The maximum Gasteiger partial charge on any atom is 0.261 e. The van der Waals surface area contributed by atoms with E-state index < -0.39 is 6.04 Å². The van der Waals surface area contributed by atoms with Crippen LogP contribution < -0.4 is 11.1 Å². The number of nitrogens with two attached hydrogens (primary N) is 1. The van der Waals surface area contributed by atoms with Gasteiger partial charge in [-0.05, 0) is 17.4 Å². The third-order valence-electron chi connectivity index (χ3n) is 2.13. The monoisotopic (exact) mass is 241 g/mol. The highest BCUT2D eigenvalue weighted by Gasteiger charge is 2.21. The molecular weight excluding hydrogens is 226 g/mol. The average Bonchev–Trinajstić information content (AvgIpc) is 2.77. The van der Waals surface area contributed by atoms with Gasteiger partial charge in [0.25, 0.3) is 5.91 Å². The van der Waals surface area contributed by atoms with Gasteiger partial charge in [0.2, 0.25) is 0 Å². The predicted molar refractivity (Wildman–Crippen MR) is 63.8 cm³/mol. The minimum Gasteiger partial charge on any atom is -0.409 e. The third-order valence-corrected chi connectivity index (χ3v) is 3.00. The first-order chi connectivity index (χ1) is 7.56. The van der Waals surface area contributed by atoms with E-state index >= 15 is 0 Å². The van der Waals surface area contributed by atoms with Crippen molar-refractivity contribution in [2.45, 2.75) is 19.9 Å². The van der Waals surface area contributed by atoms with Crippen LogP contribution in [0.1, 0.15) is 23.5 Å². The molecule has 6 heteroatoms. The lowest BCUT2D eigenvalue weighted by Crippen LogP contribution is -2.47. The van der Waals surface area contributed by atoms with E-state index in [1.165, 1.54) is 11.3 Å². The van der Waals surface area contributed by atoms with E-state index in [9.17, 15) is 4.79 Å². The van der Waals surface area contributed by atoms with Crippen LogP contribution in [0.4, 0.5) is 0 Å². The first-order valence-corrected chi connectivity index (χ1v) is 5.76. The smallest absolute Gasteiger partial charge is 0.261 e. The van der Waals surface area contributed by atoms with E-state index in [-0.39, 0.29) is 17.7 Å².